The summed E-state index contributed by atoms with van der Waals surface area (Å²) in [5.41, 5.74) is 0.341. The average Bonchev–Trinajstić information content (AvgIpc) is 3.23. The lowest BCUT2D eigenvalue weighted by atomic mass is 9.94. The minimum Gasteiger partial charge on any atom is -0.495 e. The number of carbonyl (C=O) groups is 1. The second kappa shape index (κ2) is 8.54. The molecule has 1 aromatic heterocycles. The number of carboxylic acids is 1. The first-order valence-electron chi connectivity index (χ1n) is 8.85. The Morgan fingerprint density at radius 1 is 1.23 bits per heavy atom. The number of carboxylic acid groups (broad SMARTS) is 1. The monoisotopic (exact) mass is 430 g/mol. The van der Waals surface area contributed by atoms with Gasteiger partial charge in [-0.2, -0.15) is 0 Å². The zero-order valence-corrected chi connectivity index (χ0v) is 16.9. The highest BCUT2D eigenvalue weighted by atomic mass is 32.2. The van der Waals surface area contributed by atoms with E-state index in [-0.39, 0.29) is 22.4 Å². The highest BCUT2D eigenvalue weighted by Crippen LogP contribution is 2.42. The molecule has 1 N–H and O–H groups in total. The maximum absolute atomic E-state index is 14.6. The van der Waals surface area contributed by atoms with Crippen LogP contribution in [0.4, 0.5) is 4.39 Å². The van der Waals surface area contributed by atoms with Gasteiger partial charge in [0, 0.05) is 16.7 Å². The summed E-state index contributed by atoms with van der Waals surface area (Å²) in [6.45, 7) is 3.45. The molecule has 8 heteroatoms. The Morgan fingerprint density at radius 2 is 1.97 bits per heavy atom. The minimum absolute atomic E-state index is 0.0449. The quantitative estimate of drug-likeness (QED) is 0.530. The standard InChI is InChI=1S/C22H19FO6S/c1-3-12-30(26,27)21(16-6-4-5-7-18(16)23)17-9-8-15(14-10-11-29-13-14)20(28-2)19(17)22(24)25/h3-11,13,21H,1,12H2,2H3,(H,24,25). The van der Waals surface area contributed by atoms with E-state index in [9.17, 15) is 22.7 Å². The van der Waals surface area contributed by atoms with E-state index in [0.29, 0.717) is 11.1 Å². The Labute approximate surface area is 173 Å². The first-order chi connectivity index (χ1) is 14.3. The summed E-state index contributed by atoms with van der Waals surface area (Å²) < 4.78 is 51.2. The number of methoxy groups -OCH3 is 1. The van der Waals surface area contributed by atoms with Crippen LogP contribution in [0, 0.1) is 5.82 Å². The second-order valence-electron chi connectivity index (χ2n) is 6.45. The van der Waals surface area contributed by atoms with Crippen molar-refractivity contribution in [1.82, 2.24) is 0 Å². The smallest absolute Gasteiger partial charge is 0.339 e. The lowest BCUT2D eigenvalue weighted by Crippen LogP contribution is -2.21. The Kier molecular flexibility index (Phi) is 6.07. The molecule has 1 atom stereocenters. The van der Waals surface area contributed by atoms with E-state index in [1.54, 1.807) is 6.07 Å². The molecule has 0 amide bonds. The SMILES string of the molecule is C=CCS(=O)(=O)C(c1ccccc1F)c1ccc(-c2ccoc2)c(OC)c1C(=O)O. The molecule has 6 nitrogen and oxygen atoms in total. The maximum Gasteiger partial charge on any atom is 0.339 e. The zero-order valence-electron chi connectivity index (χ0n) is 16.0. The van der Waals surface area contributed by atoms with Crippen molar-refractivity contribution < 1.29 is 31.9 Å². The van der Waals surface area contributed by atoms with Gasteiger partial charge in [0.15, 0.2) is 9.84 Å². The van der Waals surface area contributed by atoms with E-state index in [1.165, 1.54) is 56.0 Å². The van der Waals surface area contributed by atoms with Gasteiger partial charge in [0.2, 0.25) is 0 Å². The molecular weight excluding hydrogens is 411 g/mol. The molecule has 3 aromatic rings. The van der Waals surface area contributed by atoms with Gasteiger partial charge in [0.1, 0.15) is 22.4 Å². The van der Waals surface area contributed by atoms with E-state index in [4.69, 9.17) is 9.15 Å². The number of rotatable bonds is 8. The van der Waals surface area contributed by atoms with Gasteiger partial charge >= 0.3 is 5.97 Å². The van der Waals surface area contributed by atoms with E-state index in [0.717, 1.165) is 6.07 Å². The van der Waals surface area contributed by atoms with Gasteiger partial charge in [-0.25, -0.2) is 17.6 Å². The van der Waals surface area contributed by atoms with Gasteiger partial charge in [-0.15, -0.1) is 6.58 Å². The average molecular weight is 430 g/mol. The van der Waals surface area contributed by atoms with Crippen LogP contribution in [0.25, 0.3) is 11.1 Å². The van der Waals surface area contributed by atoms with E-state index < -0.39 is 32.6 Å². The number of furan rings is 1. The summed E-state index contributed by atoms with van der Waals surface area (Å²) >= 11 is 0. The maximum atomic E-state index is 14.6. The molecule has 30 heavy (non-hydrogen) atoms. The summed E-state index contributed by atoms with van der Waals surface area (Å²) in [4.78, 5) is 12.2. The van der Waals surface area contributed by atoms with Crippen LogP contribution >= 0.6 is 0 Å². The fourth-order valence-electron chi connectivity index (χ4n) is 3.40. The van der Waals surface area contributed by atoms with Gasteiger partial charge in [0.25, 0.3) is 0 Å². The number of hydrogen-bond acceptors (Lipinski definition) is 5. The molecule has 1 unspecified atom stereocenters. The van der Waals surface area contributed by atoms with Gasteiger partial charge in [-0.05, 0) is 17.7 Å². The summed E-state index contributed by atoms with van der Waals surface area (Å²) in [5.74, 6) is -2.67. The van der Waals surface area contributed by atoms with E-state index >= 15 is 0 Å². The molecule has 3 rings (SSSR count). The van der Waals surface area contributed by atoms with Gasteiger partial charge < -0.3 is 14.3 Å². The highest BCUT2D eigenvalue weighted by Gasteiger charge is 2.35. The molecule has 156 valence electrons. The Balaban J connectivity index is 2.38. The van der Waals surface area contributed by atoms with Crippen LogP contribution in [0.1, 0.15) is 26.7 Å². The molecule has 0 bridgehead atoms. The number of sulfone groups is 1. The third kappa shape index (κ3) is 3.86. The summed E-state index contributed by atoms with van der Waals surface area (Å²) in [7, 11) is -2.76. The Morgan fingerprint density at radius 3 is 2.53 bits per heavy atom. The van der Waals surface area contributed by atoms with Crippen LogP contribution in [0.3, 0.4) is 0 Å². The van der Waals surface area contributed by atoms with Crippen molar-refractivity contribution in [2.75, 3.05) is 12.9 Å². The van der Waals surface area contributed by atoms with Crippen LogP contribution in [0.2, 0.25) is 0 Å². The van der Waals surface area contributed by atoms with Crippen LogP contribution in [-0.2, 0) is 9.84 Å². The minimum atomic E-state index is -4.04. The number of aromatic carboxylic acids is 1. The largest absolute Gasteiger partial charge is 0.495 e. The molecule has 0 fully saturated rings. The van der Waals surface area contributed by atoms with Crippen molar-refractivity contribution in [1.29, 1.82) is 0 Å². The van der Waals surface area contributed by atoms with Crippen molar-refractivity contribution in [3.8, 4) is 16.9 Å². The summed E-state index contributed by atoms with van der Waals surface area (Å²) in [5, 5.41) is 8.39. The number of ether oxygens (including phenoxy) is 1. The van der Waals surface area contributed by atoms with Crippen LogP contribution in [0.15, 0.2) is 72.1 Å². The zero-order chi connectivity index (χ0) is 21.9. The fraction of sp³-hybridized carbons (Fsp3) is 0.136. The summed E-state index contributed by atoms with van der Waals surface area (Å²) in [6, 6.07) is 9.88. The van der Waals surface area contributed by atoms with Crippen LogP contribution in [-0.4, -0.2) is 32.4 Å². The Bertz CT molecular complexity index is 1180. The molecule has 0 spiro atoms. The third-order valence-corrected chi connectivity index (χ3v) is 6.55. The first kappa shape index (κ1) is 21.3. The molecule has 0 aliphatic heterocycles. The van der Waals surface area contributed by atoms with E-state index in [1.807, 2.05) is 0 Å². The molecule has 1 heterocycles. The van der Waals surface area contributed by atoms with Crippen molar-refractivity contribution in [2.45, 2.75) is 5.25 Å². The molecule has 0 aliphatic rings. The predicted molar refractivity (Wildman–Crippen MR) is 110 cm³/mol. The lowest BCUT2D eigenvalue weighted by molar-refractivity contribution is 0.0692. The molecule has 0 radical (unpaired) electrons. The topological polar surface area (TPSA) is 93.8 Å². The van der Waals surface area contributed by atoms with Crippen LogP contribution in [0.5, 0.6) is 5.75 Å². The highest BCUT2D eigenvalue weighted by molar-refractivity contribution is 7.92. The fourth-order valence-corrected chi connectivity index (χ4v) is 5.08. The van der Waals surface area contributed by atoms with Crippen LogP contribution < -0.4 is 4.74 Å². The first-order valence-corrected chi connectivity index (χ1v) is 10.6. The molecule has 0 saturated carbocycles. The molecule has 2 aromatic carbocycles. The Hall–Kier alpha value is -3.39. The number of benzene rings is 2. The van der Waals surface area contributed by atoms with Crippen molar-refractivity contribution in [3.05, 3.63) is 90.2 Å². The second-order valence-corrected chi connectivity index (χ2v) is 8.58. The molecule has 0 saturated heterocycles. The van der Waals surface area contributed by atoms with Gasteiger partial charge in [0.05, 0.1) is 25.4 Å². The number of halogens is 1. The molecule has 0 aliphatic carbocycles. The van der Waals surface area contributed by atoms with Crippen molar-refractivity contribution in [2.24, 2.45) is 0 Å². The third-order valence-electron chi connectivity index (χ3n) is 4.62. The van der Waals surface area contributed by atoms with E-state index in [2.05, 4.69) is 6.58 Å². The van der Waals surface area contributed by atoms with Gasteiger partial charge in [-0.1, -0.05) is 36.4 Å². The van der Waals surface area contributed by atoms with Crippen molar-refractivity contribution in [3.63, 3.8) is 0 Å². The number of hydrogen-bond donors (Lipinski definition) is 1. The summed E-state index contributed by atoms with van der Waals surface area (Å²) in [6.07, 6.45) is 4.01. The normalized spacial score (nSPS) is 12.3. The predicted octanol–water partition coefficient (Wildman–Crippen LogP) is 4.48. The molecular formula is C22H19FO6S. The van der Waals surface area contributed by atoms with Gasteiger partial charge in [-0.3, -0.25) is 0 Å². The van der Waals surface area contributed by atoms with Crippen molar-refractivity contribution >= 4 is 15.8 Å². The lowest BCUT2D eigenvalue weighted by Gasteiger charge is -2.22.